The van der Waals surface area contributed by atoms with E-state index < -0.39 is 0 Å². The third-order valence-corrected chi connectivity index (χ3v) is 3.76. The van der Waals surface area contributed by atoms with Crippen molar-refractivity contribution >= 4 is 11.6 Å². The van der Waals surface area contributed by atoms with Gasteiger partial charge in [-0.15, -0.1) is 0 Å². The molecule has 6 heteroatoms. The molecule has 25 heavy (non-hydrogen) atoms. The average molecular weight is 345 g/mol. The topological polar surface area (TPSA) is 77.0 Å². The molecule has 0 spiro atoms. The summed E-state index contributed by atoms with van der Waals surface area (Å²) in [5.41, 5.74) is 2.33. The molecule has 2 aromatic rings. The van der Waals surface area contributed by atoms with E-state index in [1.54, 1.807) is 45.6 Å². The summed E-state index contributed by atoms with van der Waals surface area (Å²) < 4.78 is 15.9. The number of carbonyl (C=O) groups excluding carboxylic acids is 1. The van der Waals surface area contributed by atoms with Crippen LogP contribution in [0.1, 0.15) is 17.5 Å². The van der Waals surface area contributed by atoms with Gasteiger partial charge in [0.15, 0.2) is 11.5 Å². The second-order valence-corrected chi connectivity index (χ2v) is 5.44. The Morgan fingerprint density at radius 1 is 1.00 bits per heavy atom. The molecule has 0 aromatic heterocycles. The summed E-state index contributed by atoms with van der Waals surface area (Å²) in [4.78, 5) is 12.2. The van der Waals surface area contributed by atoms with Crippen molar-refractivity contribution < 1.29 is 24.1 Å². The zero-order valence-electron chi connectivity index (χ0n) is 14.7. The molecule has 6 nitrogen and oxygen atoms in total. The maximum absolute atomic E-state index is 12.2. The second-order valence-electron chi connectivity index (χ2n) is 5.44. The lowest BCUT2D eigenvalue weighted by Crippen LogP contribution is -2.12. The van der Waals surface area contributed by atoms with Crippen molar-refractivity contribution in [2.75, 3.05) is 26.6 Å². The highest BCUT2D eigenvalue weighted by atomic mass is 16.5. The number of nitrogens with one attached hydrogen (secondary N) is 1. The van der Waals surface area contributed by atoms with Gasteiger partial charge in [-0.25, -0.2) is 0 Å². The lowest BCUT2D eigenvalue weighted by molar-refractivity contribution is -0.116. The standard InChI is InChI=1S/C19H23NO5/c1-23-16-10-13(11-17(24-2)19(16)25-3)7-8-18(22)20-15-6-4-5-14(9-15)12-21/h4-6,9-11,21H,7-8,12H2,1-3H3,(H,20,22). The summed E-state index contributed by atoms with van der Waals surface area (Å²) in [7, 11) is 4.66. The summed E-state index contributed by atoms with van der Waals surface area (Å²) in [6, 6.07) is 10.8. The Morgan fingerprint density at radius 3 is 2.24 bits per heavy atom. The Hall–Kier alpha value is -2.73. The largest absolute Gasteiger partial charge is 0.493 e. The fourth-order valence-corrected chi connectivity index (χ4v) is 2.51. The Kier molecular flexibility index (Phi) is 6.65. The van der Waals surface area contributed by atoms with Crippen molar-refractivity contribution in [2.24, 2.45) is 0 Å². The predicted octanol–water partition coefficient (Wildman–Crippen LogP) is 2.78. The minimum absolute atomic E-state index is 0.0604. The third kappa shape index (κ3) is 4.87. The first-order chi connectivity index (χ1) is 12.1. The van der Waals surface area contributed by atoms with Crippen molar-refractivity contribution in [3.8, 4) is 17.2 Å². The highest BCUT2D eigenvalue weighted by Crippen LogP contribution is 2.38. The van der Waals surface area contributed by atoms with Gasteiger partial charge >= 0.3 is 0 Å². The molecule has 0 saturated heterocycles. The maximum atomic E-state index is 12.2. The third-order valence-electron chi connectivity index (χ3n) is 3.76. The quantitative estimate of drug-likeness (QED) is 0.769. The van der Waals surface area contributed by atoms with Crippen LogP contribution in [0.25, 0.3) is 0 Å². The van der Waals surface area contributed by atoms with Gasteiger partial charge in [-0.05, 0) is 41.8 Å². The van der Waals surface area contributed by atoms with Gasteiger partial charge < -0.3 is 24.6 Å². The van der Waals surface area contributed by atoms with E-state index in [0.29, 0.717) is 35.8 Å². The molecule has 0 radical (unpaired) electrons. The van der Waals surface area contributed by atoms with Crippen LogP contribution >= 0.6 is 0 Å². The van der Waals surface area contributed by atoms with Crippen LogP contribution in [0.4, 0.5) is 5.69 Å². The molecule has 0 aliphatic carbocycles. The zero-order chi connectivity index (χ0) is 18.2. The van der Waals surface area contributed by atoms with Crippen LogP contribution in [-0.4, -0.2) is 32.3 Å². The van der Waals surface area contributed by atoms with E-state index in [0.717, 1.165) is 11.1 Å². The van der Waals surface area contributed by atoms with Gasteiger partial charge in [-0.1, -0.05) is 12.1 Å². The maximum Gasteiger partial charge on any atom is 0.224 e. The zero-order valence-corrected chi connectivity index (χ0v) is 14.7. The van der Waals surface area contributed by atoms with Crippen LogP contribution in [0, 0.1) is 0 Å². The van der Waals surface area contributed by atoms with Crippen LogP contribution in [0.5, 0.6) is 17.2 Å². The first kappa shape index (κ1) is 18.6. The van der Waals surface area contributed by atoms with Crippen molar-refractivity contribution in [1.82, 2.24) is 0 Å². The smallest absolute Gasteiger partial charge is 0.224 e. The fraction of sp³-hybridized carbons (Fsp3) is 0.316. The van der Waals surface area contributed by atoms with Gasteiger partial charge in [0.2, 0.25) is 11.7 Å². The summed E-state index contributed by atoms with van der Waals surface area (Å²) in [6.07, 6.45) is 0.838. The lowest BCUT2D eigenvalue weighted by Gasteiger charge is -2.14. The number of benzene rings is 2. The van der Waals surface area contributed by atoms with E-state index in [4.69, 9.17) is 19.3 Å². The SMILES string of the molecule is COc1cc(CCC(=O)Nc2cccc(CO)c2)cc(OC)c1OC. The van der Waals surface area contributed by atoms with Crippen molar-refractivity contribution in [1.29, 1.82) is 0 Å². The molecule has 0 unspecified atom stereocenters. The summed E-state index contributed by atoms with van der Waals surface area (Å²) in [5.74, 6) is 1.55. The molecule has 0 aliphatic rings. The molecule has 2 aromatic carbocycles. The van der Waals surface area contributed by atoms with Gasteiger partial charge in [-0.3, -0.25) is 4.79 Å². The van der Waals surface area contributed by atoms with Crippen LogP contribution < -0.4 is 19.5 Å². The summed E-state index contributed by atoms with van der Waals surface area (Å²) in [6.45, 7) is -0.0604. The number of methoxy groups -OCH3 is 3. The Labute approximate surface area is 147 Å². The molecule has 2 rings (SSSR count). The van der Waals surface area contributed by atoms with Crippen LogP contribution in [-0.2, 0) is 17.8 Å². The number of ether oxygens (including phenoxy) is 3. The van der Waals surface area contributed by atoms with Gasteiger partial charge in [-0.2, -0.15) is 0 Å². The van der Waals surface area contributed by atoms with Gasteiger partial charge in [0, 0.05) is 12.1 Å². The molecule has 0 saturated carbocycles. The van der Waals surface area contributed by atoms with E-state index in [2.05, 4.69) is 5.32 Å². The number of aryl methyl sites for hydroxylation is 1. The summed E-state index contributed by atoms with van der Waals surface area (Å²) in [5, 5.41) is 12.0. The highest BCUT2D eigenvalue weighted by molar-refractivity contribution is 5.90. The van der Waals surface area contributed by atoms with Crippen LogP contribution in [0.3, 0.4) is 0 Å². The normalized spacial score (nSPS) is 10.2. The molecular weight excluding hydrogens is 322 g/mol. The number of hydrogen-bond acceptors (Lipinski definition) is 5. The molecule has 1 amide bonds. The van der Waals surface area contributed by atoms with Gasteiger partial charge in [0.25, 0.3) is 0 Å². The van der Waals surface area contributed by atoms with E-state index in [-0.39, 0.29) is 12.5 Å². The molecule has 2 N–H and O–H groups in total. The van der Waals surface area contributed by atoms with Crippen molar-refractivity contribution in [3.05, 3.63) is 47.5 Å². The first-order valence-corrected chi connectivity index (χ1v) is 7.89. The number of aliphatic hydroxyl groups excluding tert-OH is 1. The van der Waals surface area contributed by atoms with Gasteiger partial charge in [0.05, 0.1) is 27.9 Å². The van der Waals surface area contributed by atoms with E-state index >= 15 is 0 Å². The van der Waals surface area contributed by atoms with E-state index in [1.807, 2.05) is 12.1 Å². The number of anilines is 1. The van der Waals surface area contributed by atoms with Crippen LogP contribution in [0.15, 0.2) is 36.4 Å². The Balaban J connectivity index is 2.03. The average Bonchev–Trinajstić information content (AvgIpc) is 2.65. The molecule has 134 valence electrons. The summed E-state index contributed by atoms with van der Waals surface area (Å²) >= 11 is 0. The Bertz CT molecular complexity index is 704. The highest BCUT2D eigenvalue weighted by Gasteiger charge is 2.14. The van der Waals surface area contributed by atoms with Crippen molar-refractivity contribution in [2.45, 2.75) is 19.4 Å². The predicted molar refractivity (Wildman–Crippen MR) is 95.4 cm³/mol. The number of hydrogen-bond donors (Lipinski definition) is 2. The molecule has 0 heterocycles. The van der Waals surface area contributed by atoms with Crippen LogP contribution in [0.2, 0.25) is 0 Å². The molecule has 0 aliphatic heterocycles. The minimum atomic E-state index is -0.108. The first-order valence-electron chi connectivity index (χ1n) is 7.89. The minimum Gasteiger partial charge on any atom is -0.493 e. The fourth-order valence-electron chi connectivity index (χ4n) is 2.51. The van der Waals surface area contributed by atoms with Crippen molar-refractivity contribution in [3.63, 3.8) is 0 Å². The van der Waals surface area contributed by atoms with E-state index in [9.17, 15) is 4.79 Å². The molecular formula is C19H23NO5. The Morgan fingerprint density at radius 2 is 1.68 bits per heavy atom. The van der Waals surface area contributed by atoms with Gasteiger partial charge in [0.1, 0.15) is 0 Å². The number of aliphatic hydroxyl groups is 1. The second kappa shape index (κ2) is 8.94. The van der Waals surface area contributed by atoms with E-state index in [1.165, 1.54) is 0 Å². The lowest BCUT2D eigenvalue weighted by atomic mass is 10.1. The number of amides is 1. The molecule has 0 fully saturated rings. The molecule has 0 bridgehead atoms. The number of rotatable bonds is 8. The number of carbonyl (C=O) groups is 1. The molecule has 0 atom stereocenters. The monoisotopic (exact) mass is 345 g/mol.